The van der Waals surface area contributed by atoms with Gasteiger partial charge in [0, 0.05) is 0 Å². The maximum absolute atomic E-state index is 9.02. The number of ether oxygens (including phenoxy) is 1. The summed E-state index contributed by atoms with van der Waals surface area (Å²) >= 11 is 0. The molecule has 0 fully saturated rings. The molecule has 0 atom stereocenters. The van der Waals surface area contributed by atoms with E-state index in [-0.39, 0.29) is 37.1 Å². The fraction of sp³-hybridized carbons (Fsp3) is 0.714. The van der Waals surface area contributed by atoms with E-state index in [1.807, 2.05) is 0 Å². The first-order valence-electron chi connectivity index (χ1n) is 1.09. The Hall–Kier alpha value is -0.610. The topological polar surface area (TPSA) is 62.2 Å². The molecule has 0 heterocycles. The van der Waals surface area contributed by atoms with Gasteiger partial charge < -0.3 is 14.9 Å². The molecule has 0 aliphatic rings. The molecule has 4 heteroatoms. The first kappa shape index (κ1) is 47.5. The average Bonchev–Trinajstić information content (AvgIpc) is 1.61. The summed E-state index contributed by atoms with van der Waals surface area (Å²) in [5.41, 5.74) is 0. The van der Waals surface area contributed by atoms with Crippen molar-refractivity contribution < 1.29 is 19.7 Å². The zero-order valence-electron chi connectivity index (χ0n) is 2.75. The highest BCUT2D eigenvalue weighted by atomic mass is 17.1. The Morgan fingerprint density at radius 2 is 1.55 bits per heavy atom. The lowest BCUT2D eigenvalue weighted by Crippen LogP contribution is -2.05. The van der Waals surface area contributed by atoms with Crippen molar-refractivity contribution in [1.29, 1.82) is 0 Å². The van der Waals surface area contributed by atoms with E-state index < -0.39 is 0 Å². The quantitative estimate of drug-likeness (QED) is 0.213. The van der Waals surface area contributed by atoms with Crippen molar-refractivity contribution in [3.8, 4) is 0 Å². The van der Waals surface area contributed by atoms with Crippen molar-refractivity contribution in [2.24, 2.45) is 0 Å². The third-order valence-electron chi connectivity index (χ3n) is 0.148. The van der Waals surface area contributed by atoms with E-state index in [0.29, 0.717) is 6.79 Å². The molecular formula is C7H22O4-2. The summed E-state index contributed by atoms with van der Waals surface area (Å²) < 4.78 is 2.62. The molecular weight excluding hydrogens is 148 g/mol. The Kier molecular flexibility index (Phi) is 249. The van der Waals surface area contributed by atoms with Crippen LogP contribution in [-0.2, 0) is 9.68 Å². The normalized spacial score (nSPS) is 4.09. The summed E-state index contributed by atoms with van der Waals surface area (Å²) in [6, 6.07) is 0. The molecule has 0 aliphatic carbocycles. The highest BCUT2D eigenvalue weighted by Gasteiger charge is 1.44. The van der Waals surface area contributed by atoms with Crippen molar-refractivity contribution in [3.05, 3.63) is 6.79 Å². The van der Waals surface area contributed by atoms with Gasteiger partial charge in [0.05, 0.1) is 0 Å². The predicted molar refractivity (Wildman–Crippen MR) is 47.4 cm³/mol. The summed E-state index contributed by atoms with van der Waals surface area (Å²) in [5, 5.41) is 8.86. The van der Waals surface area contributed by atoms with Crippen molar-refractivity contribution in [1.82, 2.24) is 0 Å². The van der Waals surface area contributed by atoms with Gasteiger partial charge in [-0.2, -0.15) is 0 Å². The van der Waals surface area contributed by atoms with Gasteiger partial charge in [-0.1, -0.05) is 37.1 Å². The molecule has 11 heavy (non-hydrogen) atoms. The van der Waals surface area contributed by atoms with E-state index in [0.717, 1.165) is 6.47 Å². The van der Waals surface area contributed by atoms with E-state index in [1.165, 1.54) is 0 Å². The van der Waals surface area contributed by atoms with Gasteiger partial charge in [-0.05, 0) is 6.79 Å². The highest BCUT2D eigenvalue weighted by molar-refractivity contribution is 5.36. The third kappa shape index (κ3) is 89.8. The van der Waals surface area contributed by atoms with Gasteiger partial charge >= 0.3 is 0 Å². The smallest absolute Gasteiger partial charge is 0.187 e. The minimum Gasteiger partial charge on any atom is -0.839 e. The molecule has 0 radical (unpaired) electrons. The van der Waals surface area contributed by atoms with Crippen LogP contribution in [0.15, 0.2) is 0 Å². The van der Waals surface area contributed by atoms with Crippen LogP contribution in [0.25, 0.3) is 0 Å². The first-order chi connectivity index (χ1) is 2.91. The summed E-state index contributed by atoms with van der Waals surface area (Å²) in [7, 11) is 0. The van der Waals surface area contributed by atoms with Gasteiger partial charge in [0.15, 0.2) is 6.47 Å². The van der Waals surface area contributed by atoms with Crippen LogP contribution in [0.3, 0.4) is 0 Å². The lowest BCUT2D eigenvalue weighted by atomic mass is 11.4. The minimum atomic E-state index is 0. The van der Waals surface area contributed by atoms with E-state index >= 15 is 0 Å². The van der Waals surface area contributed by atoms with Crippen molar-refractivity contribution in [2.45, 2.75) is 37.1 Å². The highest BCUT2D eigenvalue weighted by Crippen LogP contribution is 1.62. The maximum Gasteiger partial charge on any atom is 0.187 e. The molecule has 0 spiro atoms. The van der Waals surface area contributed by atoms with Crippen molar-refractivity contribution in [3.63, 3.8) is 0 Å². The van der Waals surface area contributed by atoms with Gasteiger partial charge in [-0.3, -0.25) is 0 Å². The van der Waals surface area contributed by atoms with Crippen LogP contribution in [-0.4, -0.2) is 11.2 Å². The van der Waals surface area contributed by atoms with Crippen LogP contribution in [0.4, 0.5) is 0 Å². The average molecular weight is 170 g/mol. The second-order valence-electron chi connectivity index (χ2n) is 0.422. The number of hydrogen-bond donors (Lipinski definition) is 0. The van der Waals surface area contributed by atoms with Crippen LogP contribution in [0.5, 0.6) is 0 Å². The van der Waals surface area contributed by atoms with Gasteiger partial charge in [0.2, 0.25) is 0 Å². The van der Waals surface area contributed by atoms with Crippen LogP contribution >= 0.6 is 0 Å². The van der Waals surface area contributed by atoms with Crippen LogP contribution in [0.1, 0.15) is 37.1 Å². The summed E-state index contributed by atoms with van der Waals surface area (Å²) in [5.74, 6) is 0. The largest absolute Gasteiger partial charge is 0.839 e. The maximum atomic E-state index is 9.02. The molecule has 0 amide bonds. The summed E-state index contributed by atoms with van der Waals surface area (Å²) in [4.78, 5) is 12.0. The molecule has 0 aromatic carbocycles. The van der Waals surface area contributed by atoms with E-state index in [1.54, 1.807) is 0 Å². The van der Waals surface area contributed by atoms with E-state index in [4.69, 9.17) is 10.1 Å². The van der Waals surface area contributed by atoms with Crippen molar-refractivity contribution >= 4 is 6.47 Å². The first-order valence-corrected chi connectivity index (χ1v) is 1.09. The Bertz CT molecular complexity index is 39.4. The molecule has 0 aromatic heterocycles. The molecule has 76 valence electrons. The van der Waals surface area contributed by atoms with Crippen LogP contribution < -0.4 is 5.26 Å². The lowest BCUT2D eigenvalue weighted by Gasteiger charge is -2.20. The summed E-state index contributed by atoms with van der Waals surface area (Å²) in [6.45, 7) is 1.51. The van der Waals surface area contributed by atoms with Crippen LogP contribution in [0, 0.1) is 6.79 Å². The Balaban J connectivity index is -0.0000000125. The van der Waals surface area contributed by atoms with E-state index in [9.17, 15) is 0 Å². The Morgan fingerprint density at radius 3 is 1.64 bits per heavy atom. The molecule has 0 aromatic rings. The monoisotopic (exact) mass is 170 g/mol. The molecule has 0 unspecified atom stereocenters. The molecule has 0 rings (SSSR count). The molecule has 0 bridgehead atoms. The van der Waals surface area contributed by atoms with Gasteiger partial charge in [0.1, 0.15) is 0 Å². The third-order valence-corrected chi connectivity index (χ3v) is 0.148. The second-order valence-corrected chi connectivity index (χ2v) is 0.422. The van der Waals surface area contributed by atoms with Gasteiger partial charge in [-0.25, -0.2) is 4.79 Å². The zero-order chi connectivity index (χ0) is 4.83. The lowest BCUT2D eigenvalue weighted by molar-refractivity contribution is -0.686. The van der Waals surface area contributed by atoms with Crippen molar-refractivity contribution in [2.75, 3.05) is 0 Å². The standard InChI is InChI=1S/C2H3O4.5CH4/c3-1-5-2-6-4;;;;;/h2,4-5H;5*1H4/q-1;;;;;/p-1. The zero-order valence-corrected chi connectivity index (χ0v) is 2.75. The SMILES string of the molecule is C.C.C.C.C.O=[C-][OH+][CH-]O[O-]. The Morgan fingerprint density at radius 1 is 1.18 bits per heavy atom. The number of hydrogen-bond acceptors (Lipinski definition) is 3. The fourth-order valence-electron chi connectivity index (χ4n) is 0.0430. The predicted octanol–water partition coefficient (Wildman–Crippen LogP) is 1.74. The number of rotatable bonds is 3. The van der Waals surface area contributed by atoms with Gasteiger partial charge in [0.25, 0.3) is 0 Å². The number of aliphatic hydroxyl groups is 1. The molecule has 1 N–H and O–H groups in total. The van der Waals surface area contributed by atoms with E-state index in [2.05, 4.69) is 9.62 Å². The Labute approximate surface area is 71.1 Å². The summed E-state index contributed by atoms with van der Waals surface area (Å²) in [6.07, 6.45) is 0. The van der Waals surface area contributed by atoms with Crippen LogP contribution in [0.2, 0.25) is 0 Å². The molecule has 0 saturated carbocycles. The second kappa shape index (κ2) is 57.5. The molecule has 0 saturated heterocycles. The fourth-order valence-corrected chi connectivity index (χ4v) is 0.0430. The minimum absolute atomic E-state index is 0. The van der Waals surface area contributed by atoms with Gasteiger partial charge in [-0.15, -0.1) is 0 Å². The molecule has 0 aliphatic heterocycles. The molecule has 4 nitrogen and oxygen atoms in total.